The van der Waals surface area contributed by atoms with E-state index in [1.807, 2.05) is 0 Å². The molecule has 4 aromatic rings. The molecule has 0 radical (unpaired) electrons. The van der Waals surface area contributed by atoms with E-state index in [1.165, 1.54) is 28.8 Å². The summed E-state index contributed by atoms with van der Waals surface area (Å²) < 4.78 is 63.1. The van der Waals surface area contributed by atoms with E-state index in [1.54, 1.807) is 0 Å². The molecule has 324 valence electrons. The fraction of sp³-hybridized carbons (Fsp3) is 0.600. The minimum Gasteiger partial charge on any atom is -0.812 e. The first-order valence-corrected chi connectivity index (χ1v) is 21.5. The number of nitrogens with one attached hydrogen (secondary N) is 3. The molecule has 6 rings (SSSR count). The Kier molecular flexibility index (Phi) is 13.8. The van der Waals surface area contributed by atoms with Gasteiger partial charge in [-0.25, -0.2) is 9.13 Å². The molecule has 33 heteroatoms. The van der Waals surface area contributed by atoms with Gasteiger partial charge in [0.25, 0.3) is 38.7 Å². The van der Waals surface area contributed by atoms with Gasteiger partial charge in [-0.3, -0.25) is 38.2 Å². The lowest BCUT2D eigenvalue weighted by atomic mass is 10.1. The van der Waals surface area contributed by atoms with Gasteiger partial charge >= 0.3 is 11.3 Å². The molecule has 0 amide bonds. The van der Waals surface area contributed by atoms with E-state index in [4.69, 9.17) is 30.0 Å². The molecule has 58 heavy (non-hydrogen) atoms. The molecular formula is C25H37N10O19P3S-2. The Morgan fingerprint density at radius 2 is 1.33 bits per heavy atom. The van der Waals surface area contributed by atoms with Crippen molar-refractivity contribution in [1.82, 2.24) is 29.5 Å². The third-order valence-electron chi connectivity index (χ3n) is 8.43. The lowest BCUT2D eigenvalue weighted by molar-refractivity contribution is -0.746. The minimum atomic E-state index is -5.45. The Bertz CT molecular complexity index is 2390. The number of nitrogen functional groups attached to an aromatic ring is 2. The quantitative estimate of drug-likeness (QED) is 0.0372. The second-order valence-electron chi connectivity index (χ2n) is 12.4. The molecule has 0 spiro atoms. The Hall–Kier alpha value is -3.19. The van der Waals surface area contributed by atoms with Crippen LogP contribution in [-0.2, 0) is 60.1 Å². The fourth-order valence-corrected chi connectivity index (χ4v) is 8.24. The zero-order chi connectivity index (χ0) is 41.8. The molecule has 0 bridgehead atoms. The van der Waals surface area contributed by atoms with Gasteiger partial charge in [0.2, 0.25) is 23.5 Å². The van der Waals surface area contributed by atoms with Crippen LogP contribution in [-0.4, -0.2) is 119 Å². The van der Waals surface area contributed by atoms with Crippen LogP contribution in [0.25, 0.3) is 22.3 Å². The number of aromatic amines is 3. The molecule has 0 aromatic carbocycles. The number of phosphoric ester groups is 2. The van der Waals surface area contributed by atoms with Crippen molar-refractivity contribution in [3.8, 4) is 0 Å². The first-order chi connectivity index (χ1) is 26.5. The number of aliphatic hydroxyl groups excluding tert-OH is 4. The summed E-state index contributed by atoms with van der Waals surface area (Å²) in [5.74, 6) is -0.551. The van der Waals surface area contributed by atoms with Crippen molar-refractivity contribution in [2.75, 3.05) is 37.9 Å². The van der Waals surface area contributed by atoms with Gasteiger partial charge in [-0.1, -0.05) is 24.1 Å². The Morgan fingerprint density at radius 1 is 0.845 bits per heavy atom. The number of anilines is 2. The van der Waals surface area contributed by atoms with E-state index in [2.05, 4.69) is 50.3 Å². The summed E-state index contributed by atoms with van der Waals surface area (Å²) in [7, 11) is -9.43. The number of aryl methyl sites for hydroxylation is 1. The number of H-pyrrole nitrogens is 3. The summed E-state index contributed by atoms with van der Waals surface area (Å²) in [5.41, 5.74) is 9.75. The van der Waals surface area contributed by atoms with E-state index < -0.39 is 115 Å². The molecule has 2 fully saturated rings. The highest BCUT2D eigenvalue weighted by atomic mass is 32.5. The van der Waals surface area contributed by atoms with Crippen LogP contribution in [0.1, 0.15) is 19.9 Å². The fourth-order valence-electron chi connectivity index (χ4n) is 5.88. The standard InChI is InChI=1S/C24H35N10O19P3S.CH4/c1-32-7-34(18-12(32)20(40)31-24(26)29-18)22-16(38)14(36)10(52-22)5-50-55(43,44)48-3-8(53-56(45,46)57)2-47-54(41,42)49-4-9-13(35)15(37)21(51-9)33-6-27-11-17(33)28-23(25)30-19(11)39;/h6-10,13-16,21-22,35-38H,2-5H2,1H3,(H9-,25,26,28,29,30,31,39,40,41,42,43,44,45,46,57);1H4/p-2/t8?,9-,10-,13-,14-,15-,16-,21-,22-;/m1./s1. The molecule has 4 aromatic heterocycles. The van der Waals surface area contributed by atoms with Crippen LogP contribution in [0.2, 0.25) is 0 Å². The van der Waals surface area contributed by atoms with Crippen LogP contribution in [0.3, 0.4) is 0 Å². The van der Waals surface area contributed by atoms with E-state index in [0.717, 1.165) is 4.57 Å². The van der Waals surface area contributed by atoms with Crippen LogP contribution >= 0.6 is 22.4 Å². The van der Waals surface area contributed by atoms with Gasteiger partial charge in [0.1, 0.15) is 42.7 Å². The molecule has 0 aliphatic carbocycles. The van der Waals surface area contributed by atoms with E-state index in [9.17, 15) is 58.7 Å². The second-order valence-corrected chi connectivity index (χ2v) is 17.7. The number of phosphoric acid groups is 2. The number of ether oxygens (including phenoxy) is 2. The second kappa shape index (κ2) is 17.4. The highest BCUT2D eigenvalue weighted by molar-refractivity contribution is 8.05. The van der Waals surface area contributed by atoms with Crippen molar-refractivity contribution < 1.29 is 90.4 Å². The highest BCUT2D eigenvalue weighted by Crippen LogP contribution is 2.43. The predicted octanol–water partition coefficient (Wildman–Crippen LogP) is -7.53. The summed E-state index contributed by atoms with van der Waals surface area (Å²) in [4.78, 5) is 88.1. The first-order valence-electron chi connectivity index (χ1n) is 16.0. The number of aromatic nitrogens is 8. The topological polar surface area (TPSA) is 444 Å². The van der Waals surface area contributed by atoms with Crippen LogP contribution < -0.4 is 51.3 Å². The minimum absolute atomic E-state index is 0. The van der Waals surface area contributed by atoms with E-state index in [0.29, 0.717) is 0 Å². The lowest BCUT2D eigenvalue weighted by Gasteiger charge is -2.39. The van der Waals surface area contributed by atoms with Crippen molar-refractivity contribution in [3.05, 3.63) is 33.4 Å². The molecule has 6 heterocycles. The van der Waals surface area contributed by atoms with Crippen LogP contribution in [0.4, 0.5) is 11.9 Å². The molecular weight excluding hydrogens is 869 g/mol. The molecule has 11 N–H and O–H groups in total. The number of hydrogen-bond acceptors (Lipinski definition) is 24. The number of rotatable bonds is 16. The number of nitrogens with zero attached hydrogens (tertiary/aromatic N) is 5. The molecule has 2 aliphatic rings. The van der Waals surface area contributed by atoms with Crippen molar-refractivity contribution >= 4 is 68.4 Å². The SMILES string of the molecule is C.Cn1c[n+]([C@@H]2O[C@H](COP(=O)([O-])OCC(COP(=O)([O-])OC[C@H]3O[C@@H]([n+]4c[nH]c5c(=O)[nH]c(N)nc54)[C@H](O)[C@@H]3O)OP([O-])([O-])=S)[C@@H](O)[C@H]2O)c2nc(N)[nH]c(=O)c21. The summed E-state index contributed by atoms with van der Waals surface area (Å²) in [6.45, 7) is -9.61. The Morgan fingerprint density at radius 3 is 1.84 bits per heavy atom. The number of fused-ring (bicyclic) bond motifs is 2. The molecule has 0 saturated carbocycles. The lowest BCUT2D eigenvalue weighted by Crippen LogP contribution is -2.46. The van der Waals surface area contributed by atoms with Crippen LogP contribution in [0, 0.1) is 0 Å². The van der Waals surface area contributed by atoms with Gasteiger partial charge < -0.3 is 83.6 Å². The number of hydrogen-bond donors (Lipinski definition) is 9. The Balaban J connectivity index is 0.00000641. The van der Waals surface area contributed by atoms with Gasteiger partial charge in [-0.05, 0) is 0 Å². The summed E-state index contributed by atoms with van der Waals surface area (Å²) in [6.07, 6.45) is -12.4. The monoisotopic (exact) mass is 906 g/mol. The Labute approximate surface area is 328 Å². The maximum absolute atomic E-state index is 12.6. The average Bonchev–Trinajstić information content (AvgIpc) is 3.83. The number of nitrogens with two attached hydrogens (primary N) is 2. The molecule has 29 nitrogen and oxygen atoms in total. The molecule has 11 atom stereocenters. The summed E-state index contributed by atoms with van der Waals surface area (Å²) >= 11 is 4.16. The number of imidazole rings is 2. The number of aliphatic hydroxyl groups is 4. The third kappa shape index (κ3) is 10.0. The zero-order valence-corrected chi connectivity index (χ0v) is 32.2. The van der Waals surface area contributed by atoms with Gasteiger partial charge in [0.05, 0.1) is 33.5 Å². The third-order valence-corrected chi connectivity index (χ3v) is 11.1. The van der Waals surface area contributed by atoms with Gasteiger partial charge in [0, 0.05) is 0 Å². The van der Waals surface area contributed by atoms with Crippen LogP contribution in [0.15, 0.2) is 22.2 Å². The summed E-state index contributed by atoms with van der Waals surface area (Å²) in [5, 5.41) is 42.3. The highest BCUT2D eigenvalue weighted by Gasteiger charge is 2.48. The largest absolute Gasteiger partial charge is 0.812 e. The normalized spacial score (nSPS) is 27.7. The molecule has 2 saturated heterocycles. The van der Waals surface area contributed by atoms with E-state index >= 15 is 0 Å². The van der Waals surface area contributed by atoms with Gasteiger partial charge in [0.15, 0.2) is 12.7 Å². The average molecular weight is 907 g/mol. The first kappa shape index (κ1) is 45.9. The van der Waals surface area contributed by atoms with Gasteiger partial charge in [-0.15, -0.1) is 11.8 Å². The van der Waals surface area contributed by atoms with Crippen LogP contribution in [0.5, 0.6) is 0 Å². The van der Waals surface area contributed by atoms with Crippen molar-refractivity contribution in [2.45, 2.75) is 62.6 Å². The van der Waals surface area contributed by atoms with Crippen molar-refractivity contribution in [1.29, 1.82) is 0 Å². The maximum atomic E-state index is 12.6. The molecule has 2 aliphatic heterocycles. The zero-order valence-electron chi connectivity index (χ0n) is 28.7. The van der Waals surface area contributed by atoms with E-state index in [-0.39, 0.29) is 41.7 Å². The molecule has 3 unspecified atom stereocenters. The maximum Gasteiger partial charge on any atom is 0.313 e. The smallest absolute Gasteiger partial charge is 0.313 e. The van der Waals surface area contributed by atoms with Crippen molar-refractivity contribution in [2.24, 2.45) is 7.05 Å². The van der Waals surface area contributed by atoms with Crippen molar-refractivity contribution in [3.63, 3.8) is 0 Å². The predicted molar refractivity (Wildman–Crippen MR) is 184 cm³/mol. The van der Waals surface area contributed by atoms with Gasteiger partial charge in [-0.2, -0.15) is 0 Å². The summed E-state index contributed by atoms with van der Waals surface area (Å²) in [6, 6.07) is 0.